The molecule has 96 valence electrons. The van der Waals surface area contributed by atoms with E-state index in [1.807, 2.05) is 6.20 Å². The SMILES string of the molecule is C[Si](C)(C)c1cn[nH]c1CNc1ccc(F)cc1. The lowest BCUT2D eigenvalue weighted by Crippen LogP contribution is -2.39. The molecule has 1 aromatic heterocycles. The molecule has 18 heavy (non-hydrogen) atoms. The number of benzene rings is 1. The number of nitrogens with one attached hydrogen (secondary N) is 2. The summed E-state index contributed by atoms with van der Waals surface area (Å²) in [4.78, 5) is 0. The van der Waals surface area contributed by atoms with Crippen molar-refractivity contribution >= 4 is 18.9 Å². The first kappa shape index (κ1) is 12.8. The summed E-state index contributed by atoms with van der Waals surface area (Å²) in [5.74, 6) is -0.218. The molecule has 3 nitrogen and oxygen atoms in total. The van der Waals surface area contributed by atoms with E-state index in [1.165, 1.54) is 17.3 Å². The third-order valence-corrected chi connectivity index (χ3v) is 4.89. The van der Waals surface area contributed by atoms with E-state index < -0.39 is 8.07 Å². The van der Waals surface area contributed by atoms with E-state index in [4.69, 9.17) is 0 Å². The average Bonchev–Trinajstić information content (AvgIpc) is 2.76. The summed E-state index contributed by atoms with van der Waals surface area (Å²) in [7, 11) is -1.37. The van der Waals surface area contributed by atoms with Crippen LogP contribution in [0.4, 0.5) is 10.1 Å². The van der Waals surface area contributed by atoms with E-state index in [9.17, 15) is 4.39 Å². The molecular weight excluding hydrogens is 245 g/mol. The molecule has 2 N–H and O–H groups in total. The minimum Gasteiger partial charge on any atom is -0.379 e. The Balaban J connectivity index is 2.07. The van der Waals surface area contributed by atoms with Crippen LogP contribution in [-0.4, -0.2) is 18.3 Å². The van der Waals surface area contributed by atoms with Crippen molar-refractivity contribution in [3.8, 4) is 0 Å². The van der Waals surface area contributed by atoms with Gasteiger partial charge >= 0.3 is 0 Å². The van der Waals surface area contributed by atoms with Gasteiger partial charge in [-0.15, -0.1) is 0 Å². The zero-order valence-electron chi connectivity index (χ0n) is 10.9. The minimum absolute atomic E-state index is 0.218. The number of halogens is 1. The van der Waals surface area contributed by atoms with Crippen molar-refractivity contribution in [2.45, 2.75) is 26.2 Å². The monoisotopic (exact) mass is 263 g/mol. The highest BCUT2D eigenvalue weighted by Gasteiger charge is 2.21. The molecule has 2 aromatic rings. The van der Waals surface area contributed by atoms with Gasteiger partial charge in [-0.3, -0.25) is 5.10 Å². The lowest BCUT2D eigenvalue weighted by Gasteiger charge is -2.16. The maximum Gasteiger partial charge on any atom is 0.123 e. The van der Waals surface area contributed by atoms with Gasteiger partial charge in [0.15, 0.2) is 0 Å². The van der Waals surface area contributed by atoms with Crippen LogP contribution < -0.4 is 10.5 Å². The number of aromatic amines is 1. The number of nitrogens with zero attached hydrogens (tertiary/aromatic N) is 1. The normalized spacial score (nSPS) is 11.6. The molecule has 2 rings (SSSR count). The van der Waals surface area contributed by atoms with Crippen molar-refractivity contribution in [2.75, 3.05) is 5.32 Å². The van der Waals surface area contributed by atoms with Gasteiger partial charge in [-0.25, -0.2) is 4.39 Å². The molecule has 0 radical (unpaired) electrons. The number of hydrogen-bond acceptors (Lipinski definition) is 2. The number of rotatable bonds is 4. The standard InChI is InChI=1S/C13H18FN3Si/c1-18(2,3)13-9-16-17-12(13)8-15-11-6-4-10(14)5-7-11/h4-7,9,15H,8H2,1-3H3,(H,16,17). The Morgan fingerprint density at radius 1 is 1.22 bits per heavy atom. The highest BCUT2D eigenvalue weighted by molar-refractivity contribution is 6.88. The van der Waals surface area contributed by atoms with Crippen LogP contribution in [0.2, 0.25) is 19.6 Å². The summed E-state index contributed by atoms with van der Waals surface area (Å²) in [6.07, 6.45) is 1.92. The fraction of sp³-hybridized carbons (Fsp3) is 0.308. The minimum atomic E-state index is -1.37. The highest BCUT2D eigenvalue weighted by atomic mass is 28.3. The summed E-state index contributed by atoms with van der Waals surface area (Å²) < 4.78 is 12.8. The molecule has 0 saturated carbocycles. The molecule has 0 aliphatic heterocycles. The molecule has 0 atom stereocenters. The third kappa shape index (κ3) is 2.98. The molecule has 0 aliphatic carbocycles. The lowest BCUT2D eigenvalue weighted by atomic mass is 10.3. The van der Waals surface area contributed by atoms with Crippen LogP contribution in [-0.2, 0) is 6.54 Å². The molecule has 0 aliphatic rings. The van der Waals surface area contributed by atoms with E-state index in [0.29, 0.717) is 6.54 Å². The molecular formula is C13H18FN3Si. The van der Waals surface area contributed by atoms with Crippen LogP contribution in [0.15, 0.2) is 30.5 Å². The molecule has 0 spiro atoms. The maximum absolute atomic E-state index is 12.8. The van der Waals surface area contributed by atoms with Crippen molar-refractivity contribution in [3.63, 3.8) is 0 Å². The molecule has 1 aromatic carbocycles. The Bertz CT molecular complexity index is 514. The van der Waals surface area contributed by atoms with Gasteiger partial charge in [-0.2, -0.15) is 5.10 Å². The first-order valence-electron chi connectivity index (χ1n) is 5.99. The predicted octanol–water partition coefficient (Wildman–Crippen LogP) is 2.71. The number of aromatic nitrogens is 2. The van der Waals surface area contributed by atoms with Crippen LogP contribution in [0.25, 0.3) is 0 Å². The van der Waals surface area contributed by atoms with Crippen molar-refractivity contribution in [2.24, 2.45) is 0 Å². The summed E-state index contributed by atoms with van der Waals surface area (Å²) in [6.45, 7) is 7.56. The predicted molar refractivity (Wildman–Crippen MR) is 75.3 cm³/mol. The third-order valence-electron chi connectivity index (χ3n) is 2.84. The van der Waals surface area contributed by atoms with Gasteiger partial charge in [-0.05, 0) is 29.5 Å². The van der Waals surface area contributed by atoms with E-state index in [2.05, 4.69) is 35.2 Å². The van der Waals surface area contributed by atoms with Crippen LogP contribution in [0, 0.1) is 5.82 Å². The van der Waals surface area contributed by atoms with E-state index >= 15 is 0 Å². The molecule has 0 bridgehead atoms. The fourth-order valence-electron chi connectivity index (χ4n) is 1.85. The van der Waals surface area contributed by atoms with E-state index in [1.54, 1.807) is 12.1 Å². The Kier molecular flexibility index (Phi) is 3.52. The van der Waals surface area contributed by atoms with E-state index in [0.717, 1.165) is 11.4 Å². The van der Waals surface area contributed by atoms with Crippen molar-refractivity contribution in [1.29, 1.82) is 0 Å². The van der Waals surface area contributed by atoms with Gasteiger partial charge in [0, 0.05) is 11.9 Å². The largest absolute Gasteiger partial charge is 0.379 e. The number of hydrogen-bond donors (Lipinski definition) is 2. The van der Waals surface area contributed by atoms with Gasteiger partial charge in [0.05, 0.1) is 20.3 Å². The van der Waals surface area contributed by atoms with Gasteiger partial charge in [-0.1, -0.05) is 19.6 Å². The molecule has 0 saturated heterocycles. The molecule has 1 heterocycles. The van der Waals surface area contributed by atoms with Gasteiger partial charge in [0.2, 0.25) is 0 Å². The van der Waals surface area contributed by atoms with Crippen LogP contribution in [0.3, 0.4) is 0 Å². The van der Waals surface area contributed by atoms with Gasteiger partial charge < -0.3 is 5.32 Å². The highest BCUT2D eigenvalue weighted by Crippen LogP contribution is 2.10. The van der Waals surface area contributed by atoms with Crippen LogP contribution in [0.1, 0.15) is 5.69 Å². The molecule has 0 fully saturated rings. The molecule has 0 amide bonds. The average molecular weight is 263 g/mol. The first-order valence-corrected chi connectivity index (χ1v) is 9.49. The fourth-order valence-corrected chi connectivity index (χ4v) is 3.35. The van der Waals surface area contributed by atoms with Gasteiger partial charge in [0.25, 0.3) is 0 Å². The molecule has 0 unspecified atom stereocenters. The summed E-state index contributed by atoms with van der Waals surface area (Å²) in [5.41, 5.74) is 2.03. The van der Waals surface area contributed by atoms with Crippen molar-refractivity contribution < 1.29 is 4.39 Å². The van der Waals surface area contributed by atoms with E-state index in [-0.39, 0.29) is 5.82 Å². The Morgan fingerprint density at radius 3 is 2.50 bits per heavy atom. The summed E-state index contributed by atoms with van der Waals surface area (Å²) in [6, 6.07) is 6.38. The summed E-state index contributed by atoms with van der Waals surface area (Å²) in [5, 5.41) is 11.8. The zero-order chi connectivity index (χ0) is 13.2. The quantitative estimate of drug-likeness (QED) is 0.833. The Labute approximate surface area is 107 Å². The number of anilines is 1. The second kappa shape index (κ2) is 4.94. The topological polar surface area (TPSA) is 40.7 Å². The van der Waals surface area contributed by atoms with Crippen molar-refractivity contribution in [1.82, 2.24) is 10.2 Å². The van der Waals surface area contributed by atoms with Crippen molar-refractivity contribution in [3.05, 3.63) is 42.0 Å². The maximum atomic E-state index is 12.8. The number of H-pyrrole nitrogens is 1. The Morgan fingerprint density at radius 2 is 1.89 bits per heavy atom. The van der Waals surface area contributed by atoms with Crippen LogP contribution in [0.5, 0.6) is 0 Å². The van der Waals surface area contributed by atoms with Crippen LogP contribution >= 0.6 is 0 Å². The zero-order valence-corrected chi connectivity index (χ0v) is 11.9. The second-order valence-electron chi connectivity index (χ2n) is 5.37. The van der Waals surface area contributed by atoms with Gasteiger partial charge in [0.1, 0.15) is 5.82 Å². The summed E-state index contributed by atoms with van der Waals surface area (Å²) >= 11 is 0. The molecule has 5 heteroatoms. The second-order valence-corrected chi connectivity index (χ2v) is 10.4. The first-order chi connectivity index (χ1) is 8.47. The Hall–Kier alpha value is -1.62. The lowest BCUT2D eigenvalue weighted by molar-refractivity contribution is 0.628. The smallest absolute Gasteiger partial charge is 0.123 e.